The maximum Gasteiger partial charge on any atom is 0.159 e. The van der Waals surface area contributed by atoms with E-state index < -0.39 is 0 Å². The third kappa shape index (κ3) is 2.57. The monoisotopic (exact) mass is 218 g/mol. The van der Waals surface area contributed by atoms with E-state index >= 15 is 0 Å². The van der Waals surface area contributed by atoms with Crippen LogP contribution >= 0.6 is 0 Å². The highest BCUT2D eigenvalue weighted by molar-refractivity contribution is 6.00. The molecule has 86 valence electrons. The van der Waals surface area contributed by atoms with Gasteiger partial charge in [0.25, 0.3) is 0 Å². The normalized spacial score (nSPS) is 21.0. The average molecular weight is 218 g/mol. The highest BCUT2D eigenvalue weighted by atomic mass is 16.1. The maximum absolute atomic E-state index is 11.6. The molecule has 0 bridgehead atoms. The SMILES string of the molecule is CC(C=CC1=C(C)C(=O)CC1(C)C)=CC=O. The van der Waals surface area contributed by atoms with E-state index in [2.05, 4.69) is 13.8 Å². The summed E-state index contributed by atoms with van der Waals surface area (Å²) < 4.78 is 0. The van der Waals surface area contributed by atoms with Crippen molar-refractivity contribution in [3.63, 3.8) is 0 Å². The fourth-order valence-electron chi connectivity index (χ4n) is 2.02. The molecule has 0 unspecified atom stereocenters. The van der Waals surface area contributed by atoms with Crippen molar-refractivity contribution < 1.29 is 9.59 Å². The van der Waals surface area contributed by atoms with Gasteiger partial charge in [0.15, 0.2) is 5.78 Å². The second-order valence-electron chi connectivity index (χ2n) is 4.90. The van der Waals surface area contributed by atoms with Crippen molar-refractivity contribution in [2.75, 3.05) is 0 Å². The molecule has 0 saturated heterocycles. The summed E-state index contributed by atoms with van der Waals surface area (Å²) in [5.41, 5.74) is 2.74. The van der Waals surface area contributed by atoms with Crippen molar-refractivity contribution >= 4 is 12.1 Å². The van der Waals surface area contributed by atoms with Gasteiger partial charge in [0.1, 0.15) is 6.29 Å². The van der Waals surface area contributed by atoms with Crippen molar-refractivity contribution in [3.8, 4) is 0 Å². The lowest BCUT2D eigenvalue weighted by Gasteiger charge is -2.19. The fourth-order valence-corrected chi connectivity index (χ4v) is 2.02. The molecular weight excluding hydrogens is 200 g/mol. The van der Waals surface area contributed by atoms with Crippen LogP contribution in [0, 0.1) is 5.41 Å². The van der Waals surface area contributed by atoms with Crippen molar-refractivity contribution in [1.82, 2.24) is 0 Å². The molecule has 0 spiro atoms. The Morgan fingerprint density at radius 2 is 2.00 bits per heavy atom. The minimum Gasteiger partial charge on any atom is -0.299 e. The summed E-state index contributed by atoms with van der Waals surface area (Å²) in [6, 6.07) is 0. The van der Waals surface area contributed by atoms with Gasteiger partial charge >= 0.3 is 0 Å². The Kier molecular flexibility index (Phi) is 3.63. The number of hydrogen-bond donors (Lipinski definition) is 0. The van der Waals surface area contributed by atoms with E-state index in [4.69, 9.17) is 0 Å². The molecule has 0 atom stereocenters. The number of Topliss-reactive ketones (excluding diaryl/α,β-unsaturated/α-hetero) is 1. The third-order valence-electron chi connectivity index (χ3n) is 3.00. The van der Waals surface area contributed by atoms with Crippen LogP contribution in [0.2, 0.25) is 0 Å². The van der Waals surface area contributed by atoms with E-state index in [1.54, 1.807) is 0 Å². The molecule has 0 aliphatic heterocycles. The minimum atomic E-state index is -0.0842. The van der Waals surface area contributed by atoms with Gasteiger partial charge in [0.2, 0.25) is 0 Å². The number of ketones is 1. The number of rotatable bonds is 3. The Hall–Kier alpha value is -1.44. The Labute approximate surface area is 96.7 Å². The number of aldehydes is 1. The highest BCUT2D eigenvalue weighted by Gasteiger charge is 2.34. The Morgan fingerprint density at radius 3 is 2.44 bits per heavy atom. The van der Waals surface area contributed by atoms with Gasteiger partial charge in [-0.2, -0.15) is 0 Å². The molecule has 1 rings (SSSR count). The van der Waals surface area contributed by atoms with E-state index in [0.717, 1.165) is 23.0 Å². The first-order valence-electron chi connectivity index (χ1n) is 5.43. The predicted octanol–water partition coefficient (Wildman–Crippen LogP) is 3.00. The van der Waals surface area contributed by atoms with Crippen molar-refractivity contribution in [1.29, 1.82) is 0 Å². The van der Waals surface area contributed by atoms with Crippen LogP contribution < -0.4 is 0 Å². The summed E-state index contributed by atoms with van der Waals surface area (Å²) in [6.07, 6.45) is 6.69. The van der Waals surface area contributed by atoms with Gasteiger partial charge in [0, 0.05) is 6.42 Å². The molecule has 0 aromatic rings. The highest BCUT2D eigenvalue weighted by Crippen LogP contribution is 2.40. The summed E-state index contributed by atoms with van der Waals surface area (Å²) in [6.45, 7) is 7.87. The smallest absolute Gasteiger partial charge is 0.159 e. The Morgan fingerprint density at radius 1 is 1.38 bits per heavy atom. The zero-order valence-corrected chi connectivity index (χ0v) is 10.3. The molecule has 1 aliphatic carbocycles. The number of carbonyl (C=O) groups excluding carboxylic acids is 2. The first-order chi connectivity index (χ1) is 7.38. The fraction of sp³-hybridized carbons (Fsp3) is 0.429. The molecule has 0 fully saturated rings. The van der Waals surface area contributed by atoms with Crippen LogP contribution in [0.1, 0.15) is 34.1 Å². The molecule has 0 aromatic carbocycles. The summed E-state index contributed by atoms with van der Waals surface area (Å²) in [5, 5.41) is 0. The van der Waals surface area contributed by atoms with Gasteiger partial charge in [-0.1, -0.05) is 26.0 Å². The second-order valence-corrected chi connectivity index (χ2v) is 4.90. The number of hydrogen-bond acceptors (Lipinski definition) is 2. The minimum absolute atomic E-state index is 0.0842. The predicted molar refractivity (Wildman–Crippen MR) is 65.1 cm³/mol. The van der Waals surface area contributed by atoms with Gasteiger partial charge < -0.3 is 0 Å². The standard InChI is InChI=1S/C14H18O2/c1-10(7-8-15)5-6-12-11(2)13(16)9-14(12,3)4/h5-8H,9H2,1-4H3. The Balaban J connectivity index is 3.00. The number of carbonyl (C=O) groups is 2. The lowest BCUT2D eigenvalue weighted by Crippen LogP contribution is -2.09. The van der Waals surface area contributed by atoms with Gasteiger partial charge in [0.05, 0.1) is 0 Å². The van der Waals surface area contributed by atoms with Crippen molar-refractivity contribution in [3.05, 3.63) is 34.9 Å². The summed E-state index contributed by atoms with van der Waals surface area (Å²) in [7, 11) is 0. The van der Waals surface area contributed by atoms with Crippen LogP contribution in [0.5, 0.6) is 0 Å². The van der Waals surface area contributed by atoms with E-state index in [0.29, 0.717) is 6.42 Å². The summed E-state index contributed by atoms with van der Waals surface area (Å²) in [5.74, 6) is 0.224. The first-order valence-corrected chi connectivity index (χ1v) is 5.43. The number of allylic oxidation sites excluding steroid dienone is 6. The molecule has 0 amide bonds. The van der Waals surface area contributed by atoms with Crippen LogP contribution in [0.15, 0.2) is 34.9 Å². The lowest BCUT2D eigenvalue weighted by atomic mass is 9.85. The van der Waals surface area contributed by atoms with Crippen LogP contribution in [-0.2, 0) is 9.59 Å². The van der Waals surface area contributed by atoms with Gasteiger partial charge in [-0.25, -0.2) is 0 Å². The zero-order chi connectivity index (χ0) is 12.3. The molecule has 0 aromatic heterocycles. The van der Waals surface area contributed by atoms with Gasteiger partial charge in [-0.15, -0.1) is 0 Å². The largest absolute Gasteiger partial charge is 0.299 e. The van der Waals surface area contributed by atoms with Crippen LogP contribution in [0.3, 0.4) is 0 Å². The maximum atomic E-state index is 11.6. The average Bonchev–Trinajstić information content (AvgIpc) is 2.34. The van der Waals surface area contributed by atoms with Gasteiger partial charge in [-0.05, 0) is 42.1 Å². The molecule has 2 heteroatoms. The molecular formula is C14H18O2. The van der Waals surface area contributed by atoms with E-state index in [-0.39, 0.29) is 11.2 Å². The quantitative estimate of drug-likeness (QED) is 0.414. The molecule has 0 heterocycles. The van der Waals surface area contributed by atoms with Crippen LogP contribution in [-0.4, -0.2) is 12.1 Å². The van der Waals surface area contributed by atoms with Crippen molar-refractivity contribution in [2.24, 2.45) is 5.41 Å². The molecule has 0 N–H and O–H groups in total. The molecule has 1 aliphatic rings. The van der Waals surface area contributed by atoms with Crippen molar-refractivity contribution in [2.45, 2.75) is 34.1 Å². The first kappa shape index (κ1) is 12.6. The second kappa shape index (κ2) is 4.60. The zero-order valence-electron chi connectivity index (χ0n) is 10.3. The third-order valence-corrected chi connectivity index (χ3v) is 3.00. The molecule has 0 radical (unpaired) electrons. The van der Waals surface area contributed by atoms with Crippen LogP contribution in [0.25, 0.3) is 0 Å². The Bertz CT molecular complexity index is 406. The summed E-state index contributed by atoms with van der Waals surface area (Å²) >= 11 is 0. The van der Waals surface area contributed by atoms with E-state index in [1.807, 2.05) is 26.0 Å². The van der Waals surface area contributed by atoms with Crippen LogP contribution in [0.4, 0.5) is 0 Å². The lowest BCUT2D eigenvalue weighted by molar-refractivity contribution is -0.115. The summed E-state index contributed by atoms with van der Waals surface area (Å²) in [4.78, 5) is 21.9. The molecule has 2 nitrogen and oxygen atoms in total. The molecule has 16 heavy (non-hydrogen) atoms. The topological polar surface area (TPSA) is 34.1 Å². The van der Waals surface area contributed by atoms with E-state index in [1.165, 1.54) is 6.08 Å². The molecule has 0 saturated carbocycles. The van der Waals surface area contributed by atoms with E-state index in [9.17, 15) is 9.59 Å². The van der Waals surface area contributed by atoms with Gasteiger partial charge in [-0.3, -0.25) is 9.59 Å².